The number of benzene rings is 2. The summed E-state index contributed by atoms with van der Waals surface area (Å²) in [5.74, 6) is -1.46. The molecule has 0 saturated heterocycles. The number of methoxy groups -OCH3 is 2. The maximum atomic E-state index is 13.4. The van der Waals surface area contributed by atoms with Crippen LogP contribution in [0.25, 0.3) is 0 Å². The largest absolute Gasteiger partial charge is 0.497 e. The maximum absolute atomic E-state index is 13.4. The Kier molecular flexibility index (Phi) is 9.24. The van der Waals surface area contributed by atoms with Gasteiger partial charge in [0.05, 0.1) is 14.2 Å². The summed E-state index contributed by atoms with van der Waals surface area (Å²) < 4.78 is 37.3. The highest BCUT2D eigenvalue weighted by atomic mass is 19.1. The van der Waals surface area contributed by atoms with Crippen molar-refractivity contribution in [1.82, 2.24) is 4.90 Å². The summed E-state index contributed by atoms with van der Waals surface area (Å²) in [6.07, 6.45) is 1.88. The van der Waals surface area contributed by atoms with Crippen LogP contribution < -0.4 is 9.47 Å². The van der Waals surface area contributed by atoms with E-state index in [1.165, 1.54) is 26.4 Å². The average molecular weight is 435 g/mol. The lowest BCUT2D eigenvalue weighted by Crippen LogP contribution is -2.33. The molecule has 0 aliphatic carbocycles. The number of ether oxygens (including phenoxy) is 2. The van der Waals surface area contributed by atoms with Crippen LogP contribution in [0.15, 0.2) is 36.4 Å². The lowest BCUT2D eigenvalue weighted by Gasteiger charge is -2.23. The molecule has 0 aliphatic rings. The predicted octanol–water partition coefficient (Wildman–Crippen LogP) is 4.31. The number of carboxylic acids is 1. The number of halogens is 2. The van der Waals surface area contributed by atoms with Crippen LogP contribution in [0, 0.1) is 11.6 Å². The van der Waals surface area contributed by atoms with Gasteiger partial charge in [-0.1, -0.05) is 0 Å². The van der Waals surface area contributed by atoms with E-state index in [1.807, 2.05) is 0 Å². The van der Waals surface area contributed by atoms with Crippen LogP contribution in [0.3, 0.4) is 0 Å². The van der Waals surface area contributed by atoms with Crippen LogP contribution in [0.1, 0.15) is 41.6 Å². The van der Waals surface area contributed by atoms with Gasteiger partial charge in [-0.3, -0.25) is 9.59 Å². The lowest BCUT2D eigenvalue weighted by molar-refractivity contribution is -0.137. The molecule has 2 aromatic rings. The number of carbonyl (C=O) groups excluding carboxylic acids is 1. The summed E-state index contributed by atoms with van der Waals surface area (Å²) >= 11 is 0. The minimum atomic E-state index is -0.886. The topological polar surface area (TPSA) is 76.1 Å². The summed E-state index contributed by atoms with van der Waals surface area (Å²) in [7, 11) is 2.98. The molecule has 31 heavy (non-hydrogen) atoms. The van der Waals surface area contributed by atoms with Crippen LogP contribution in [-0.2, 0) is 11.2 Å². The van der Waals surface area contributed by atoms with Crippen molar-refractivity contribution in [2.75, 3.05) is 27.3 Å². The third-order valence-electron chi connectivity index (χ3n) is 4.77. The monoisotopic (exact) mass is 435 g/mol. The molecular weight excluding hydrogens is 408 g/mol. The van der Waals surface area contributed by atoms with Gasteiger partial charge in [-0.15, -0.1) is 0 Å². The zero-order chi connectivity index (χ0) is 22.8. The summed E-state index contributed by atoms with van der Waals surface area (Å²) in [5, 5.41) is 8.82. The predicted molar refractivity (Wildman–Crippen MR) is 112 cm³/mol. The molecule has 8 heteroatoms. The van der Waals surface area contributed by atoms with E-state index in [0.29, 0.717) is 61.4 Å². The van der Waals surface area contributed by atoms with Gasteiger partial charge in [0.25, 0.3) is 5.91 Å². The molecule has 0 bridgehead atoms. The Morgan fingerprint density at radius 2 is 1.45 bits per heavy atom. The Morgan fingerprint density at radius 3 is 2.00 bits per heavy atom. The number of carboxylic acid groups (broad SMARTS) is 1. The van der Waals surface area contributed by atoms with E-state index in [2.05, 4.69) is 0 Å². The number of carbonyl (C=O) groups is 2. The van der Waals surface area contributed by atoms with E-state index in [9.17, 15) is 18.4 Å². The van der Waals surface area contributed by atoms with Crippen molar-refractivity contribution in [1.29, 1.82) is 0 Å². The number of hydrogen-bond acceptors (Lipinski definition) is 4. The molecule has 2 rings (SSSR count). The van der Waals surface area contributed by atoms with Crippen molar-refractivity contribution >= 4 is 11.9 Å². The van der Waals surface area contributed by atoms with E-state index in [1.54, 1.807) is 23.1 Å². The molecule has 1 amide bonds. The van der Waals surface area contributed by atoms with E-state index >= 15 is 0 Å². The molecular formula is C23H27F2NO5. The highest BCUT2D eigenvalue weighted by Crippen LogP contribution is 2.24. The maximum Gasteiger partial charge on any atom is 0.303 e. The highest BCUT2D eigenvalue weighted by molar-refractivity contribution is 5.95. The Hall–Kier alpha value is -3.16. The number of amides is 1. The standard InChI is InChI=1S/C23H27F2NO5/c1-30-20-12-17(13-21(15-20)31-2)23(29)26(8-4-3-7-22(27)28)9-5-6-16-10-18(24)14-19(25)11-16/h10-15H,3-9H2,1-2H3,(H,27,28). The highest BCUT2D eigenvalue weighted by Gasteiger charge is 2.18. The van der Waals surface area contributed by atoms with Gasteiger partial charge in [0.2, 0.25) is 0 Å². The van der Waals surface area contributed by atoms with Gasteiger partial charge in [0, 0.05) is 37.2 Å². The average Bonchev–Trinajstić information content (AvgIpc) is 2.73. The summed E-state index contributed by atoms with van der Waals surface area (Å²) in [6.45, 7) is 0.715. The Balaban J connectivity index is 2.11. The van der Waals surface area contributed by atoms with Crippen LogP contribution in [-0.4, -0.2) is 49.2 Å². The Bertz CT molecular complexity index is 861. The van der Waals surface area contributed by atoms with Crippen molar-refractivity contribution in [2.45, 2.75) is 32.1 Å². The smallest absolute Gasteiger partial charge is 0.303 e. The van der Waals surface area contributed by atoms with Crippen molar-refractivity contribution in [3.8, 4) is 11.5 Å². The minimum absolute atomic E-state index is 0.0254. The molecule has 0 spiro atoms. The fourth-order valence-electron chi connectivity index (χ4n) is 3.24. The van der Waals surface area contributed by atoms with Gasteiger partial charge in [-0.05, 0) is 55.5 Å². The summed E-state index contributed by atoms with van der Waals surface area (Å²) in [4.78, 5) is 25.5. The molecule has 0 heterocycles. The molecule has 0 aliphatic heterocycles. The number of unbranched alkanes of at least 4 members (excludes halogenated alkanes) is 1. The first kappa shape index (κ1) is 24.1. The van der Waals surface area contributed by atoms with Crippen molar-refractivity contribution in [3.05, 3.63) is 59.2 Å². The number of rotatable bonds is 12. The van der Waals surface area contributed by atoms with E-state index < -0.39 is 17.6 Å². The third-order valence-corrected chi connectivity index (χ3v) is 4.77. The first-order valence-electron chi connectivity index (χ1n) is 10.0. The van der Waals surface area contributed by atoms with Crippen LogP contribution in [0.2, 0.25) is 0 Å². The fourth-order valence-corrected chi connectivity index (χ4v) is 3.24. The second kappa shape index (κ2) is 11.9. The second-order valence-electron chi connectivity index (χ2n) is 7.13. The van der Waals surface area contributed by atoms with Gasteiger partial charge in [0.15, 0.2) is 0 Å². The lowest BCUT2D eigenvalue weighted by atomic mass is 10.1. The summed E-state index contributed by atoms with van der Waals surface area (Å²) in [6, 6.07) is 8.24. The molecule has 6 nitrogen and oxygen atoms in total. The van der Waals surface area contributed by atoms with Gasteiger partial charge in [-0.2, -0.15) is 0 Å². The first-order chi connectivity index (χ1) is 14.8. The molecule has 0 saturated carbocycles. The van der Waals surface area contributed by atoms with Crippen LogP contribution >= 0.6 is 0 Å². The van der Waals surface area contributed by atoms with Crippen molar-refractivity contribution in [2.24, 2.45) is 0 Å². The SMILES string of the molecule is COc1cc(OC)cc(C(=O)N(CCCCC(=O)O)CCCc2cc(F)cc(F)c2)c1. The first-order valence-corrected chi connectivity index (χ1v) is 10.0. The van der Waals surface area contributed by atoms with E-state index in [0.717, 1.165) is 6.07 Å². The molecule has 0 aromatic heterocycles. The van der Waals surface area contributed by atoms with Gasteiger partial charge >= 0.3 is 5.97 Å². The molecule has 168 valence electrons. The molecule has 0 radical (unpaired) electrons. The molecule has 0 fully saturated rings. The van der Waals surface area contributed by atoms with Crippen molar-refractivity contribution in [3.63, 3.8) is 0 Å². The quantitative estimate of drug-likeness (QED) is 0.503. The van der Waals surface area contributed by atoms with Gasteiger partial charge in [0.1, 0.15) is 23.1 Å². The summed E-state index contributed by atoms with van der Waals surface area (Å²) in [5.41, 5.74) is 0.894. The third kappa shape index (κ3) is 7.88. The van der Waals surface area contributed by atoms with Crippen LogP contribution in [0.5, 0.6) is 11.5 Å². The number of nitrogens with zero attached hydrogens (tertiary/aromatic N) is 1. The Morgan fingerprint density at radius 1 is 0.871 bits per heavy atom. The second-order valence-corrected chi connectivity index (χ2v) is 7.13. The van der Waals surface area contributed by atoms with Gasteiger partial charge in [-0.25, -0.2) is 8.78 Å². The number of aliphatic carboxylic acids is 1. The van der Waals surface area contributed by atoms with Crippen molar-refractivity contribution < 1.29 is 33.0 Å². The number of aryl methyl sites for hydroxylation is 1. The van der Waals surface area contributed by atoms with E-state index in [4.69, 9.17) is 14.6 Å². The molecule has 2 aromatic carbocycles. The van der Waals surface area contributed by atoms with Gasteiger partial charge < -0.3 is 19.5 Å². The minimum Gasteiger partial charge on any atom is -0.497 e. The van der Waals surface area contributed by atoms with Crippen LogP contribution in [0.4, 0.5) is 8.78 Å². The Labute approximate surface area is 180 Å². The zero-order valence-electron chi connectivity index (χ0n) is 17.7. The molecule has 0 atom stereocenters. The van der Waals surface area contributed by atoms with E-state index in [-0.39, 0.29) is 12.3 Å². The fraction of sp³-hybridized carbons (Fsp3) is 0.391. The number of hydrogen-bond donors (Lipinski definition) is 1. The molecule has 1 N–H and O–H groups in total. The normalized spacial score (nSPS) is 10.6. The molecule has 0 unspecified atom stereocenters. The zero-order valence-corrected chi connectivity index (χ0v) is 17.7.